The van der Waals surface area contributed by atoms with Gasteiger partial charge in [-0.25, -0.2) is 13.4 Å². The van der Waals surface area contributed by atoms with E-state index >= 15 is 0 Å². The summed E-state index contributed by atoms with van der Waals surface area (Å²) in [4.78, 5) is 20.1. The van der Waals surface area contributed by atoms with E-state index in [1.54, 1.807) is 49.1 Å². The van der Waals surface area contributed by atoms with E-state index in [0.717, 1.165) is 30.5 Å². The highest BCUT2D eigenvalue weighted by molar-refractivity contribution is 7.89. The van der Waals surface area contributed by atoms with Crippen molar-refractivity contribution in [2.75, 3.05) is 13.1 Å². The Hall–Kier alpha value is -2.75. The summed E-state index contributed by atoms with van der Waals surface area (Å²) in [5.74, 6) is 0.399. The fourth-order valence-electron chi connectivity index (χ4n) is 6.45. The summed E-state index contributed by atoms with van der Waals surface area (Å²) in [5, 5.41) is 4.99. The van der Waals surface area contributed by atoms with Gasteiger partial charge in [0.05, 0.1) is 4.90 Å². The van der Waals surface area contributed by atoms with Gasteiger partial charge in [-0.3, -0.25) is 9.48 Å². The number of piperidine rings is 1. The number of aryl methyl sites for hydroxylation is 1. The first-order valence-electron chi connectivity index (χ1n) is 14.2. The van der Waals surface area contributed by atoms with Gasteiger partial charge >= 0.3 is 0 Å². The lowest BCUT2D eigenvalue weighted by atomic mass is 9.63. The highest BCUT2D eigenvalue weighted by Crippen LogP contribution is 2.47. The van der Waals surface area contributed by atoms with Crippen LogP contribution in [-0.4, -0.2) is 53.1 Å². The molecule has 1 saturated heterocycles. The first-order valence-corrected chi connectivity index (χ1v) is 16.0. The quantitative estimate of drug-likeness (QED) is 0.381. The van der Waals surface area contributed by atoms with Gasteiger partial charge in [0.1, 0.15) is 18.7 Å². The molecular weight excluding hydrogens is 546 g/mol. The zero-order valence-corrected chi connectivity index (χ0v) is 24.6. The third-order valence-corrected chi connectivity index (χ3v) is 10.5. The fraction of sp³-hybridized carbons (Fsp3) is 0.500. The van der Waals surface area contributed by atoms with E-state index in [4.69, 9.17) is 11.6 Å². The highest BCUT2D eigenvalue weighted by Gasteiger charge is 2.44. The summed E-state index contributed by atoms with van der Waals surface area (Å²) in [7, 11) is -3.90. The maximum absolute atomic E-state index is 14.0. The molecule has 1 saturated carbocycles. The normalized spacial score (nSPS) is 18.9. The molecule has 1 aliphatic carbocycles. The van der Waals surface area contributed by atoms with Gasteiger partial charge in [-0.05, 0) is 80.2 Å². The molecule has 2 heterocycles. The van der Waals surface area contributed by atoms with Crippen molar-refractivity contribution in [1.82, 2.24) is 24.4 Å². The summed E-state index contributed by atoms with van der Waals surface area (Å²) in [6, 6.07) is 12.9. The Balaban J connectivity index is 1.35. The summed E-state index contributed by atoms with van der Waals surface area (Å²) in [6.07, 6.45) is 11.5. The van der Waals surface area contributed by atoms with Gasteiger partial charge in [-0.2, -0.15) is 9.82 Å². The molecule has 1 aromatic heterocycles. The Bertz CT molecular complexity index is 1360. The van der Waals surface area contributed by atoms with Gasteiger partial charge in [0, 0.05) is 24.7 Å². The van der Waals surface area contributed by atoms with E-state index in [-0.39, 0.29) is 22.6 Å². The number of amides is 1. The predicted molar refractivity (Wildman–Crippen MR) is 155 cm³/mol. The minimum Gasteiger partial charge on any atom is -0.341 e. The average molecular weight is 584 g/mol. The number of aromatic nitrogens is 3. The number of nitrogens with one attached hydrogen (secondary N) is 1. The van der Waals surface area contributed by atoms with Crippen molar-refractivity contribution in [2.45, 2.75) is 75.8 Å². The van der Waals surface area contributed by atoms with Crippen molar-refractivity contribution in [2.24, 2.45) is 11.3 Å². The number of hydrogen-bond acceptors (Lipinski definition) is 5. The number of nitrogens with zero attached hydrogens (tertiary/aromatic N) is 4. The van der Waals surface area contributed by atoms with Crippen LogP contribution < -0.4 is 4.72 Å². The van der Waals surface area contributed by atoms with E-state index < -0.39 is 16.1 Å². The molecule has 1 amide bonds. The standard InChI is InChI=1S/C30H38ClN5O3S/c1-23-7-13-27(14-8-23)40(38,39)34-28(19-24-9-11-26(31)12-10-24)29(37)35-17-15-30(16-18-35,20-36-22-32-21-33-36)25-5-3-2-4-6-25/h7-14,21-22,25,28,34H,2-6,15-20H2,1H3. The number of carbonyl (C=O) groups excluding carboxylic acids is 1. The molecule has 10 heteroatoms. The van der Waals surface area contributed by atoms with Crippen LogP contribution in [0.1, 0.15) is 56.1 Å². The first-order chi connectivity index (χ1) is 19.2. The molecule has 1 N–H and O–H groups in total. The van der Waals surface area contributed by atoms with E-state index in [0.29, 0.717) is 24.0 Å². The first kappa shape index (κ1) is 28.8. The molecule has 2 fully saturated rings. The highest BCUT2D eigenvalue weighted by atomic mass is 35.5. The zero-order chi connectivity index (χ0) is 28.2. The molecule has 3 aromatic rings. The monoisotopic (exact) mass is 583 g/mol. The molecule has 2 aliphatic rings. The van der Waals surface area contributed by atoms with Crippen molar-refractivity contribution < 1.29 is 13.2 Å². The molecule has 2 aromatic carbocycles. The molecule has 1 unspecified atom stereocenters. The van der Waals surface area contributed by atoms with Crippen molar-refractivity contribution in [3.05, 3.63) is 77.3 Å². The number of carbonyl (C=O) groups is 1. The van der Waals surface area contributed by atoms with Crippen LogP contribution in [-0.2, 0) is 27.8 Å². The van der Waals surface area contributed by atoms with Crippen LogP contribution >= 0.6 is 11.6 Å². The largest absolute Gasteiger partial charge is 0.341 e. The Kier molecular flexibility index (Phi) is 8.92. The fourth-order valence-corrected chi connectivity index (χ4v) is 7.76. The molecule has 0 spiro atoms. The number of rotatable bonds is 9. The van der Waals surface area contributed by atoms with Crippen molar-refractivity contribution in [3.63, 3.8) is 0 Å². The molecular formula is C30H38ClN5O3S. The van der Waals surface area contributed by atoms with Gasteiger partial charge in [-0.1, -0.05) is 60.7 Å². The lowest BCUT2D eigenvalue weighted by Gasteiger charge is -2.48. The van der Waals surface area contributed by atoms with Gasteiger partial charge in [0.25, 0.3) is 0 Å². The van der Waals surface area contributed by atoms with Crippen LogP contribution in [0.2, 0.25) is 5.02 Å². The van der Waals surface area contributed by atoms with Crippen LogP contribution in [0.5, 0.6) is 0 Å². The number of likely N-dealkylation sites (tertiary alicyclic amines) is 1. The zero-order valence-electron chi connectivity index (χ0n) is 23.0. The summed E-state index contributed by atoms with van der Waals surface area (Å²) >= 11 is 6.08. The van der Waals surface area contributed by atoms with Gasteiger partial charge in [0.2, 0.25) is 15.9 Å². The van der Waals surface area contributed by atoms with Gasteiger partial charge in [0.15, 0.2) is 0 Å². The maximum atomic E-state index is 14.0. The minimum atomic E-state index is -3.90. The van der Waals surface area contributed by atoms with Crippen molar-refractivity contribution in [1.29, 1.82) is 0 Å². The molecule has 1 aliphatic heterocycles. The van der Waals surface area contributed by atoms with E-state index in [1.807, 2.05) is 28.6 Å². The average Bonchev–Trinajstić information content (AvgIpc) is 3.47. The number of benzene rings is 2. The number of halogens is 1. The summed E-state index contributed by atoms with van der Waals surface area (Å²) in [6.45, 7) is 3.89. The van der Waals surface area contributed by atoms with Crippen LogP contribution in [0, 0.1) is 18.3 Å². The molecule has 0 radical (unpaired) electrons. The summed E-state index contributed by atoms with van der Waals surface area (Å²) in [5.41, 5.74) is 1.86. The Morgan fingerprint density at radius 3 is 2.35 bits per heavy atom. The Morgan fingerprint density at radius 1 is 1.05 bits per heavy atom. The third-order valence-electron chi connectivity index (χ3n) is 8.77. The molecule has 5 rings (SSSR count). The lowest BCUT2D eigenvalue weighted by molar-refractivity contribution is -0.136. The van der Waals surface area contributed by atoms with Gasteiger partial charge in [-0.15, -0.1) is 0 Å². The van der Waals surface area contributed by atoms with E-state index in [2.05, 4.69) is 14.8 Å². The molecule has 8 nitrogen and oxygen atoms in total. The second-order valence-electron chi connectivity index (χ2n) is 11.4. The molecule has 40 heavy (non-hydrogen) atoms. The second kappa shape index (κ2) is 12.4. The minimum absolute atomic E-state index is 0.0536. The Morgan fingerprint density at radius 2 is 1.73 bits per heavy atom. The number of sulfonamides is 1. The molecule has 0 bridgehead atoms. The van der Waals surface area contributed by atoms with Crippen molar-refractivity contribution in [3.8, 4) is 0 Å². The van der Waals surface area contributed by atoms with Crippen LogP contribution in [0.25, 0.3) is 0 Å². The topological polar surface area (TPSA) is 97.2 Å². The Labute approximate surface area is 242 Å². The smallest absolute Gasteiger partial charge is 0.241 e. The molecule has 214 valence electrons. The molecule has 1 atom stereocenters. The second-order valence-corrected chi connectivity index (χ2v) is 13.6. The summed E-state index contributed by atoms with van der Waals surface area (Å²) < 4.78 is 31.4. The van der Waals surface area contributed by atoms with Crippen LogP contribution in [0.15, 0.2) is 66.1 Å². The van der Waals surface area contributed by atoms with E-state index in [9.17, 15) is 13.2 Å². The maximum Gasteiger partial charge on any atom is 0.241 e. The van der Waals surface area contributed by atoms with Crippen LogP contribution in [0.3, 0.4) is 0 Å². The lowest BCUT2D eigenvalue weighted by Crippen LogP contribution is -2.54. The van der Waals surface area contributed by atoms with Crippen LogP contribution in [0.4, 0.5) is 0 Å². The van der Waals surface area contributed by atoms with E-state index in [1.165, 1.54) is 32.1 Å². The third kappa shape index (κ3) is 6.75. The van der Waals surface area contributed by atoms with Gasteiger partial charge < -0.3 is 4.90 Å². The predicted octanol–water partition coefficient (Wildman–Crippen LogP) is 5.02. The number of hydrogen-bond donors (Lipinski definition) is 1. The van der Waals surface area contributed by atoms with Crippen molar-refractivity contribution >= 4 is 27.5 Å². The SMILES string of the molecule is Cc1ccc(S(=O)(=O)NC(Cc2ccc(Cl)cc2)C(=O)N2CCC(Cn3cncn3)(C3CCCCC3)CC2)cc1.